The number of halogens is 1. The molecule has 1 aromatic rings. The van der Waals surface area contributed by atoms with Crippen molar-refractivity contribution in [2.75, 3.05) is 14.2 Å². The Morgan fingerprint density at radius 1 is 1.53 bits per heavy atom. The van der Waals surface area contributed by atoms with Crippen molar-refractivity contribution in [1.82, 2.24) is 5.32 Å². The Hall–Kier alpha value is -1.27. The van der Waals surface area contributed by atoms with Crippen molar-refractivity contribution in [2.24, 2.45) is 0 Å². The lowest BCUT2D eigenvalue weighted by molar-refractivity contribution is -0.145. The number of aliphatic carboxylic acids is 1. The van der Waals surface area contributed by atoms with E-state index in [0.717, 1.165) is 5.56 Å². The topological polar surface area (TPSA) is 67.8 Å². The highest BCUT2D eigenvalue weighted by Crippen LogP contribution is 2.37. The Morgan fingerprint density at radius 3 is 2.68 bits per heavy atom. The molecule has 0 saturated heterocycles. The van der Waals surface area contributed by atoms with Crippen molar-refractivity contribution in [3.8, 4) is 11.5 Å². The molecule has 1 atom stereocenters. The van der Waals surface area contributed by atoms with Crippen molar-refractivity contribution in [3.05, 3.63) is 22.2 Å². The second-order valence-corrected chi connectivity index (χ2v) is 4.85. The van der Waals surface area contributed by atoms with Gasteiger partial charge in [-0.2, -0.15) is 0 Å². The van der Waals surface area contributed by atoms with Crippen LogP contribution in [0.5, 0.6) is 11.5 Å². The second kappa shape index (κ2) is 7.35. The summed E-state index contributed by atoms with van der Waals surface area (Å²) in [6, 6.07) is 3.70. The Bertz CT molecular complexity index is 451. The first-order chi connectivity index (χ1) is 9.03. The fourth-order valence-electron chi connectivity index (χ4n) is 1.64. The number of hydrogen-bond donors (Lipinski definition) is 2. The number of rotatable bonds is 7. The molecule has 5 nitrogen and oxygen atoms in total. The first-order valence-electron chi connectivity index (χ1n) is 5.93. The Kier molecular flexibility index (Phi) is 6.11. The van der Waals surface area contributed by atoms with Crippen LogP contribution in [0.4, 0.5) is 0 Å². The average Bonchev–Trinajstić information content (AvgIpc) is 2.37. The normalized spacial score (nSPS) is 12.0. The van der Waals surface area contributed by atoms with Gasteiger partial charge in [0.25, 0.3) is 0 Å². The van der Waals surface area contributed by atoms with Crippen LogP contribution in [0, 0.1) is 0 Å². The van der Waals surface area contributed by atoms with Crippen LogP contribution in [0.15, 0.2) is 16.6 Å². The van der Waals surface area contributed by atoms with Crippen molar-refractivity contribution >= 4 is 21.9 Å². The molecular formula is C13H18BrNO4. The van der Waals surface area contributed by atoms with E-state index in [1.165, 1.54) is 7.11 Å². The van der Waals surface area contributed by atoms with E-state index in [-0.39, 0.29) is 0 Å². The van der Waals surface area contributed by atoms with E-state index < -0.39 is 12.1 Å². The zero-order valence-corrected chi connectivity index (χ0v) is 12.8. The molecule has 0 saturated carbocycles. The third kappa shape index (κ3) is 4.11. The zero-order valence-electron chi connectivity index (χ0n) is 11.2. The summed E-state index contributed by atoms with van der Waals surface area (Å²) in [6.45, 7) is 2.44. The van der Waals surface area contributed by atoms with Crippen LogP contribution in [-0.2, 0) is 11.3 Å². The minimum absolute atomic E-state index is 0.378. The molecule has 1 aromatic carbocycles. The van der Waals surface area contributed by atoms with Crippen molar-refractivity contribution in [2.45, 2.75) is 26.0 Å². The van der Waals surface area contributed by atoms with E-state index in [9.17, 15) is 4.79 Å². The molecule has 0 radical (unpaired) electrons. The number of hydrogen-bond acceptors (Lipinski definition) is 4. The van der Waals surface area contributed by atoms with Crippen molar-refractivity contribution in [1.29, 1.82) is 0 Å². The molecule has 0 heterocycles. The highest BCUT2D eigenvalue weighted by atomic mass is 79.9. The molecule has 19 heavy (non-hydrogen) atoms. The fraction of sp³-hybridized carbons (Fsp3) is 0.462. The minimum atomic E-state index is -0.990. The van der Waals surface area contributed by atoms with Crippen LogP contribution in [0.2, 0.25) is 0 Å². The summed E-state index contributed by atoms with van der Waals surface area (Å²) < 4.78 is 11.5. The van der Waals surface area contributed by atoms with Crippen LogP contribution in [-0.4, -0.2) is 31.3 Å². The van der Waals surface area contributed by atoms with E-state index in [2.05, 4.69) is 21.2 Å². The molecule has 0 spiro atoms. The van der Waals surface area contributed by atoms with Gasteiger partial charge in [0.15, 0.2) is 17.6 Å². The van der Waals surface area contributed by atoms with Gasteiger partial charge >= 0.3 is 5.97 Å². The SMILES string of the molecule is CCC(Oc1c(Br)cc(CNC)cc1OC)C(=O)O. The van der Waals surface area contributed by atoms with Crippen molar-refractivity contribution in [3.63, 3.8) is 0 Å². The molecule has 0 aliphatic rings. The molecule has 6 heteroatoms. The Morgan fingerprint density at radius 2 is 2.21 bits per heavy atom. The Labute approximate surface area is 121 Å². The molecule has 106 valence electrons. The summed E-state index contributed by atoms with van der Waals surface area (Å²) in [5.41, 5.74) is 1.02. The van der Waals surface area contributed by atoms with Crippen LogP contribution in [0.3, 0.4) is 0 Å². The lowest BCUT2D eigenvalue weighted by atomic mass is 10.2. The maximum Gasteiger partial charge on any atom is 0.344 e. The summed E-state index contributed by atoms with van der Waals surface area (Å²) in [5.74, 6) is -0.0633. The molecule has 0 bridgehead atoms. The van der Waals surface area contributed by atoms with Gasteiger partial charge in [0, 0.05) is 6.54 Å². The lowest BCUT2D eigenvalue weighted by Gasteiger charge is -2.18. The Balaban J connectivity index is 3.08. The molecule has 0 amide bonds. The van der Waals surface area contributed by atoms with Gasteiger partial charge in [-0.15, -0.1) is 0 Å². The highest BCUT2D eigenvalue weighted by molar-refractivity contribution is 9.10. The molecule has 0 aliphatic heterocycles. The van der Waals surface area contributed by atoms with E-state index >= 15 is 0 Å². The lowest BCUT2D eigenvalue weighted by Crippen LogP contribution is -2.26. The number of nitrogens with one attached hydrogen (secondary N) is 1. The number of carbonyl (C=O) groups is 1. The number of methoxy groups -OCH3 is 1. The van der Waals surface area contributed by atoms with Gasteiger partial charge in [-0.3, -0.25) is 0 Å². The van der Waals surface area contributed by atoms with Gasteiger partial charge in [-0.25, -0.2) is 4.79 Å². The maximum atomic E-state index is 11.0. The first kappa shape index (κ1) is 15.8. The van der Waals surface area contributed by atoms with Crippen LogP contribution in [0.25, 0.3) is 0 Å². The van der Waals surface area contributed by atoms with Gasteiger partial charge in [0.05, 0.1) is 11.6 Å². The van der Waals surface area contributed by atoms with Gasteiger partial charge in [-0.05, 0) is 47.1 Å². The molecule has 2 N–H and O–H groups in total. The monoisotopic (exact) mass is 331 g/mol. The zero-order chi connectivity index (χ0) is 14.4. The molecule has 0 fully saturated rings. The molecule has 1 unspecified atom stereocenters. The van der Waals surface area contributed by atoms with Crippen LogP contribution >= 0.6 is 15.9 Å². The van der Waals surface area contributed by atoms with E-state index in [1.807, 2.05) is 19.2 Å². The molecule has 0 aromatic heterocycles. The summed E-state index contributed by atoms with van der Waals surface area (Å²) in [7, 11) is 3.38. The first-order valence-corrected chi connectivity index (χ1v) is 6.73. The van der Waals surface area contributed by atoms with Gasteiger partial charge < -0.3 is 19.9 Å². The van der Waals surface area contributed by atoms with Gasteiger partial charge in [0.1, 0.15) is 0 Å². The standard InChI is InChI=1S/C13H18BrNO4/c1-4-10(13(16)17)19-12-9(14)5-8(7-15-2)6-11(12)18-3/h5-6,10,15H,4,7H2,1-3H3,(H,16,17). The minimum Gasteiger partial charge on any atom is -0.493 e. The number of carboxylic acids is 1. The van der Waals surface area contributed by atoms with Gasteiger partial charge in [-0.1, -0.05) is 6.92 Å². The number of ether oxygens (including phenoxy) is 2. The third-order valence-corrected chi connectivity index (χ3v) is 3.17. The largest absolute Gasteiger partial charge is 0.493 e. The van der Waals surface area contributed by atoms with Crippen molar-refractivity contribution < 1.29 is 19.4 Å². The molecule has 1 rings (SSSR count). The third-order valence-electron chi connectivity index (χ3n) is 2.58. The number of carboxylic acid groups (broad SMARTS) is 1. The summed E-state index contributed by atoms with van der Waals surface area (Å²) in [6.07, 6.45) is -0.510. The fourth-order valence-corrected chi connectivity index (χ4v) is 2.23. The van der Waals surface area contributed by atoms with E-state index in [4.69, 9.17) is 14.6 Å². The molecular weight excluding hydrogens is 314 g/mol. The smallest absolute Gasteiger partial charge is 0.344 e. The van der Waals surface area contributed by atoms with Crippen LogP contribution in [0.1, 0.15) is 18.9 Å². The quantitative estimate of drug-likeness (QED) is 0.803. The summed E-state index contributed by atoms with van der Waals surface area (Å²) in [4.78, 5) is 11.0. The van der Waals surface area contributed by atoms with E-state index in [0.29, 0.717) is 28.9 Å². The summed E-state index contributed by atoms with van der Waals surface area (Å²) >= 11 is 3.39. The van der Waals surface area contributed by atoms with Crippen LogP contribution < -0.4 is 14.8 Å². The number of benzene rings is 1. The average molecular weight is 332 g/mol. The molecule has 0 aliphatic carbocycles. The highest BCUT2D eigenvalue weighted by Gasteiger charge is 2.21. The second-order valence-electron chi connectivity index (χ2n) is 3.99. The van der Waals surface area contributed by atoms with E-state index in [1.54, 1.807) is 6.92 Å². The maximum absolute atomic E-state index is 11.0. The summed E-state index contributed by atoms with van der Waals surface area (Å²) in [5, 5.41) is 12.1. The predicted molar refractivity (Wildman–Crippen MR) is 75.8 cm³/mol. The predicted octanol–water partition coefficient (Wildman–Crippen LogP) is 2.42. The van der Waals surface area contributed by atoms with Gasteiger partial charge in [0.2, 0.25) is 0 Å².